The first kappa shape index (κ1) is 16.6. The summed E-state index contributed by atoms with van der Waals surface area (Å²) in [6.45, 7) is 6.36. The molecule has 2 aromatic carbocycles. The van der Waals surface area contributed by atoms with Crippen LogP contribution in [0.1, 0.15) is 41.8 Å². The topological polar surface area (TPSA) is 29.1 Å². The molecule has 2 nitrogen and oxygen atoms in total. The van der Waals surface area contributed by atoms with Crippen LogP contribution in [0.3, 0.4) is 0 Å². The summed E-state index contributed by atoms with van der Waals surface area (Å²) in [4.78, 5) is 12.3. The molecule has 126 valence electrons. The van der Waals surface area contributed by atoms with E-state index in [4.69, 9.17) is 0 Å². The Morgan fingerprint density at radius 3 is 2.29 bits per heavy atom. The molecule has 1 aliphatic rings. The highest BCUT2D eigenvalue weighted by Gasteiger charge is 2.62. The van der Waals surface area contributed by atoms with Crippen molar-refractivity contribution in [3.05, 3.63) is 70.8 Å². The summed E-state index contributed by atoms with van der Waals surface area (Å²) in [5.41, 5.74) is 1.49. The predicted octanol–water partition coefficient (Wildman–Crippen LogP) is 4.37. The number of aryl methyl sites for hydroxylation is 1. The van der Waals surface area contributed by atoms with E-state index in [0.29, 0.717) is 17.7 Å². The van der Waals surface area contributed by atoms with E-state index in [0.717, 1.165) is 18.1 Å². The van der Waals surface area contributed by atoms with Gasteiger partial charge in [0.1, 0.15) is 11.6 Å². The largest absolute Gasteiger partial charge is 0.351 e. The van der Waals surface area contributed by atoms with Gasteiger partial charge in [0.05, 0.1) is 0 Å². The molecule has 1 aliphatic carbocycles. The van der Waals surface area contributed by atoms with Gasteiger partial charge in [0.15, 0.2) is 0 Å². The third-order valence-electron chi connectivity index (χ3n) is 5.23. The number of benzene rings is 2. The molecular formula is C20H21F2NO. The first-order chi connectivity index (χ1) is 11.2. The van der Waals surface area contributed by atoms with Crippen molar-refractivity contribution >= 4 is 5.91 Å². The molecular weight excluding hydrogens is 308 g/mol. The lowest BCUT2D eigenvalue weighted by molar-refractivity contribution is 0.0947. The normalized spacial score (nSPS) is 21.4. The van der Waals surface area contributed by atoms with E-state index in [2.05, 4.69) is 5.32 Å². The lowest BCUT2D eigenvalue weighted by Gasteiger charge is -2.22. The highest BCUT2D eigenvalue weighted by Crippen LogP contribution is 2.64. The summed E-state index contributed by atoms with van der Waals surface area (Å²) in [5.74, 6) is -1.32. The van der Waals surface area contributed by atoms with E-state index in [1.807, 2.05) is 32.9 Å². The highest BCUT2D eigenvalue weighted by molar-refractivity contribution is 5.94. The Bertz CT molecular complexity index is 783. The van der Waals surface area contributed by atoms with Crippen LogP contribution in [-0.2, 0) is 5.41 Å². The van der Waals surface area contributed by atoms with Crippen LogP contribution in [-0.4, -0.2) is 12.5 Å². The molecule has 2 aromatic rings. The molecule has 0 aliphatic heterocycles. The maximum absolute atomic E-state index is 14.3. The van der Waals surface area contributed by atoms with Gasteiger partial charge < -0.3 is 5.32 Å². The number of amides is 1. The molecule has 1 amide bonds. The van der Waals surface area contributed by atoms with Gasteiger partial charge in [0.2, 0.25) is 0 Å². The van der Waals surface area contributed by atoms with E-state index in [-0.39, 0.29) is 11.3 Å². The first-order valence-electron chi connectivity index (χ1n) is 8.06. The molecule has 0 bridgehead atoms. The van der Waals surface area contributed by atoms with Crippen LogP contribution in [0.15, 0.2) is 42.5 Å². The summed E-state index contributed by atoms with van der Waals surface area (Å²) in [6.07, 6.45) is 0.747. The molecule has 3 rings (SSSR count). The molecule has 0 radical (unpaired) electrons. The molecule has 0 spiro atoms. The van der Waals surface area contributed by atoms with E-state index in [1.54, 1.807) is 12.1 Å². The van der Waals surface area contributed by atoms with Crippen molar-refractivity contribution in [2.45, 2.75) is 32.6 Å². The molecule has 1 saturated carbocycles. The van der Waals surface area contributed by atoms with E-state index in [1.165, 1.54) is 12.1 Å². The fraction of sp³-hybridized carbons (Fsp3) is 0.350. The minimum Gasteiger partial charge on any atom is -0.351 e. The van der Waals surface area contributed by atoms with Crippen LogP contribution in [0.25, 0.3) is 0 Å². The molecule has 4 heteroatoms. The van der Waals surface area contributed by atoms with E-state index >= 15 is 0 Å². The molecule has 1 unspecified atom stereocenters. The molecule has 0 aromatic heterocycles. The molecule has 0 saturated heterocycles. The number of halogens is 2. The second-order valence-electron chi connectivity index (χ2n) is 7.32. The summed E-state index contributed by atoms with van der Waals surface area (Å²) >= 11 is 0. The summed E-state index contributed by atoms with van der Waals surface area (Å²) in [5, 5.41) is 2.92. The van der Waals surface area contributed by atoms with E-state index in [9.17, 15) is 13.6 Å². The third-order valence-corrected chi connectivity index (χ3v) is 5.23. The van der Waals surface area contributed by atoms with Gasteiger partial charge in [-0.15, -0.1) is 0 Å². The van der Waals surface area contributed by atoms with Crippen LogP contribution >= 0.6 is 0 Å². The van der Waals surface area contributed by atoms with Gasteiger partial charge >= 0.3 is 0 Å². The smallest absolute Gasteiger partial charge is 0.251 e. The Morgan fingerprint density at radius 2 is 1.75 bits per heavy atom. The lowest BCUT2D eigenvalue weighted by Crippen LogP contribution is -2.35. The second-order valence-corrected chi connectivity index (χ2v) is 7.32. The molecule has 24 heavy (non-hydrogen) atoms. The van der Waals surface area contributed by atoms with Gasteiger partial charge in [0.25, 0.3) is 5.91 Å². The van der Waals surface area contributed by atoms with Crippen molar-refractivity contribution in [3.8, 4) is 0 Å². The van der Waals surface area contributed by atoms with Crippen LogP contribution in [0, 0.1) is 24.0 Å². The van der Waals surface area contributed by atoms with Crippen molar-refractivity contribution in [1.29, 1.82) is 0 Å². The van der Waals surface area contributed by atoms with Gasteiger partial charge in [-0.1, -0.05) is 37.6 Å². The Hall–Kier alpha value is -2.23. The number of nitrogens with one attached hydrogen (secondary N) is 1. The summed E-state index contributed by atoms with van der Waals surface area (Å²) < 4.78 is 27.5. The highest BCUT2D eigenvalue weighted by atomic mass is 19.1. The van der Waals surface area contributed by atoms with Crippen molar-refractivity contribution in [2.24, 2.45) is 5.41 Å². The number of carbonyl (C=O) groups is 1. The van der Waals surface area contributed by atoms with Crippen molar-refractivity contribution in [2.75, 3.05) is 6.54 Å². The zero-order valence-corrected chi connectivity index (χ0v) is 14.1. The average molecular weight is 329 g/mol. The second kappa shape index (κ2) is 5.69. The number of carbonyl (C=O) groups excluding carboxylic acids is 1. The standard InChI is InChI=1S/C20H21F2NO/c1-13-4-6-14(7-5-13)18(24)23-12-20(11-19(20,2)3)16-9-8-15(21)10-17(16)22/h4-10H,11-12H2,1-3H3,(H,23,24). The zero-order valence-electron chi connectivity index (χ0n) is 14.1. The molecule has 0 heterocycles. The quantitative estimate of drug-likeness (QED) is 0.886. The predicted molar refractivity (Wildman–Crippen MR) is 89.9 cm³/mol. The third kappa shape index (κ3) is 2.81. The monoisotopic (exact) mass is 329 g/mol. The van der Waals surface area contributed by atoms with Crippen molar-refractivity contribution in [3.63, 3.8) is 0 Å². The molecule has 1 N–H and O–H groups in total. The van der Waals surface area contributed by atoms with E-state index < -0.39 is 17.0 Å². The van der Waals surface area contributed by atoms with Crippen LogP contribution in [0.4, 0.5) is 8.78 Å². The zero-order chi connectivity index (χ0) is 17.5. The SMILES string of the molecule is Cc1ccc(C(=O)NCC2(c3ccc(F)cc3F)CC2(C)C)cc1. The summed E-state index contributed by atoms with van der Waals surface area (Å²) in [7, 11) is 0. The lowest BCUT2D eigenvalue weighted by atomic mass is 9.87. The molecule has 1 atom stereocenters. The Morgan fingerprint density at radius 1 is 1.12 bits per heavy atom. The number of hydrogen-bond donors (Lipinski definition) is 1. The van der Waals surface area contributed by atoms with Crippen LogP contribution < -0.4 is 5.32 Å². The maximum atomic E-state index is 14.3. The van der Waals surface area contributed by atoms with Gasteiger partial charge in [-0.25, -0.2) is 8.78 Å². The minimum absolute atomic E-state index is 0.147. The maximum Gasteiger partial charge on any atom is 0.251 e. The van der Waals surface area contributed by atoms with Gasteiger partial charge in [-0.3, -0.25) is 4.79 Å². The van der Waals surface area contributed by atoms with Gasteiger partial charge in [0, 0.05) is 23.6 Å². The Balaban J connectivity index is 1.80. The van der Waals surface area contributed by atoms with Crippen LogP contribution in [0.5, 0.6) is 0 Å². The number of rotatable bonds is 4. The van der Waals surface area contributed by atoms with Gasteiger partial charge in [-0.05, 0) is 42.5 Å². The fourth-order valence-electron chi connectivity index (χ4n) is 3.48. The summed E-state index contributed by atoms with van der Waals surface area (Å²) in [6, 6.07) is 11.0. The Kier molecular flexibility index (Phi) is 3.94. The first-order valence-corrected chi connectivity index (χ1v) is 8.06. The van der Waals surface area contributed by atoms with Crippen LogP contribution in [0.2, 0.25) is 0 Å². The average Bonchev–Trinajstić information content (AvgIpc) is 3.08. The van der Waals surface area contributed by atoms with Crippen molar-refractivity contribution in [1.82, 2.24) is 5.32 Å². The molecule has 1 fully saturated rings. The van der Waals surface area contributed by atoms with Gasteiger partial charge in [-0.2, -0.15) is 0 Å². The number of hydrogen-bond acceptors (Lipinski definition) is 1. The Labute approximate surface area is 140 Å². The minimum atomic E-state index is -0.589. The van der Waals surface area contributed by atoms with Crippen molar-refractivity contribution < 1.29 is 13.6 Å². The fourth-order valence-corrected chi connectivity index (χ4v) is 3.48.